The van der Waals surface area contributed by atoms with Crippen LogP contribution < -0.4 is 5.73 Å². The molecule has 0 saturated carbocycles. The zero-order valence-electron chi connectivity index (χ0n) is 13.8. The van der Waals surface area contributed by atoms with Gasteiger partial charge in [-0.05, 0) is 35.4 Å². The quantitative estimate of drug-likeness (QED) is 0.404. The topological polar surface area (TPSA) is 90.1 Å². The Labute approximate surface area is 161 Å². The summed E-state index contributed by atoms with van der Waals surface area (Å²) in [5, 5.41) is -6.10. The first kappa shape index (κ1) is 22.0. The van der Waals surface area contributed by atoms with Crippen molar-refractivity contribution in [3.05, 3.63) is 64.7 Å². The molecular formula is C16H12ClF5N2O3S. The lowest BCUT2D eigenvalue weighted by atomic mass is 10.0. The van der Waals surface area contributed by atoms with Crippen LogP contribution in [-0.4, -0.2) is 30.4 Å². The molecule has 0 aliphatic heterocycles. The number of carbonyl (C=O) groups is 1. The molecule has 0 bridgehead atoms. The van der Waals surface area contributed by atoms with Gasteiger partial charge in [-0.25, -0.2) is 21.6 Å². The Kier molecular flexibility index (Phi) is 6.29. The lowest BCUT2D eigenvalue weighted by molar-refractivity contribution is 0.0927. The maximum atomic E-state index is 14.3. The maximum Gasteiger partial charge on any atom is 0.322 e. The normalized spacial score (nSPS) is 13.4. The molecule has 1 heterocycles. The van der Waals surface area contributed by atoms with Gasteiger partial charge in [-0.3, -0.25) is 9.78 Å². The zero-order valence-corrected chi connectivity index (χ0v) is 15.4. The molecule has 5 nitrogen and oxygen atoms in total. The zero-order chi connectivity index (χ0) is 21.3. The fourth-order valence-corrected chi connectivity index (χ4v) is 4.53. The predicted octanol–water partition coefficient (Wildman–Crippen LogP) is 3.32. The van der Waals surface area contributed by atoms with Crippen molar-refractivity contribution in [1.82, 2.24) is 4.98 Å². The minimum absolute atomic E-state index is 0.285. The molecule has 1 aromatic carbocycles. The molecular weight excluding hydrogens is 431 g/mol. The van der Waals surface area contributed by atoms with Crippen molar-refractivity contribution >= 4 is 27.3 Å². The van der Waals surface area contributed by atoms with Crippen LogP contribution in [0, 0.1) is 17.5 Å². The Hall–Kier alpha value is -2.27. The minimum Gasteiger partial charge on any atom is -0.364 e. The smallest absolute Gasteiger partial charge is 0.322 e. The van der Waals surface area contributed by atoms with Crippen LogP contribution in [0.15, 0.2) is 30.5 Å². The van der Waals surface area contributed by atoms with Crippen LogP contribution in [0.3, 0.4) is 0 Å². The monoisotopic (exact) mass is 442 g/mol. The van der Waals surface area contributed by atoms with Gasteiger partial charge < -0.3 is 5.73 Å². The number of sulfone groups is 1. The average Bonchev–Trinajstić information content (AvgIpc) is 2.60. The summed E-state index contributed by atoms with van der Waals surface area (Å²) < 4.78 is 93.2. The number of benzene rings is 1. The Bertz CT molecular complexity index is 995. The number of aromatic nitrogens is 1. The number of primary amides is 1. The van der Waals surface area contributed by atoms with Crippen molar-refractivity contribution in [3.63, 3.8) is 0 Å². The molecule has 2 N–H and O–H groups in total. The van der Waals surface area contributed by atoms with Crippen LogP contribution in [-0.2, 0) is 9.84 Å². The third-order valence-corrected chi connectivity index (χ3v) is 5.90. The highest BCUT2D eigenvalue weighted by Gasteiger charge is 2.37. The average molecular weight is 443 g/mol. The third-order valence-electron chi connectivity index (χ3n) is 3.71. The number of alkyl halides is 3. The van der Waals surface area contributed by atoms with Crippen LogP contribution in [0.2, 0.25) is 0 Å². The first-order valence-corrected chi connectivity index (χ1v) is 9.60. The summed E-state index contributed by atoms with van der Waals surface area (Å²) in [5.74, 6) is -6.98. The number of hydrogen-bond donors (Lipinski definition) is 1. The predicted molar refractivity (Wildman–Crippen MR) is 90.1 cm³/mol. The largest absolute Gasteiger partial charge is 0.364 e. The van der Waals surface area contributed by atoms with E-state index in [1.165, 1.54) is 0 Å². The van der Waals surface area contributed by atoms with Gasteiger partial charge in [0.2, 0.25) is 0 Å². The van der Waals surface area contributed by atoms with E-state index in [9.17, 15) is 35.2 Å². The summed E-state index contributed by atoms with van der Waals surface area (Å²) in [6.45, 7) is 0. The van der Waals surface area contributed by atoms with Crippen molar-refractivity contribution in [1.29, 1.82) is 0 Å². The first-order chi connectivity index (χ1) is 12.8. The van der Waals surface area contributed by atoms with Gasteiger partial charge in [0.1, 0.15) is 16.8 Å². The summed E-state index contributed by atoms with van der Waals surface area (Å²) in [6, 6.07) is 2.89. The minimum atomic E-state index is -4.72. The highest BCUT2D eigenvalue weighted by Crippen LogP contribution is 2.36. The molecule has 0 aliphatic rings. The number of hydrogen-bond acceptors (Lipinski definition) is 4. The van der Waals surface area contributed by atoms with Crippen molar-refractivity contribution < 1.29 is 35.2 Å². The summed E-state index contributed by atoms with van der Waals surface area (Å²) in [7, 11) is -4.72. The molecule has 2 rings (SSSR count). The summed E-state index contributed by atoms with van der Waals surface area (Å²) in [5.41, 5.74) is 3.14. The van der Waals surface area contributed by atoms with Gasteiger partial charge in [0.15, 0.2) is 21.5 Å². The highest BCUT2D eigenvalue weighted by molar-refractivity contribution is 7.91. The van der Waals surface area contributed by atoms with Gasteiger partial charge in [0, 0.05) is 18.2 Å². The van der Waals surface area contributed by atoms with Gasteiger partial charge in [0.25, 0.3) is 5.91 Å². The van der Waals surface area contributed by atoms with Crippen molar-refractivity contribution in [3.8, 4) is 0 Å². The lowest BCUT2D eigenvalue weighted by Gasteiger charge is -2.20. The van der Waals surface area contributed by atoms with E-state index in [0.29, 0.717) is 12.1 Å². The standard InChI is InChI=1S/C16H12ClF5N2O3S/c17-16(21,22)5-6-28(26,27)14(8-1-4-11(15(23)25)24-7-8)12-9(18)2-3-10(19)13(12)20/h1-4,7,14H,5-6H2,(H2,23,25). The highest BCUT2D eigenvalue weighted by atomic mass is 35.5. The van der Waals surface area contributed by atoms with E-state index in [1.807, 2.05) is 0 Å². The molecule has 1 atom stereocenters. The number of nitrogens with zero attached hydrogens (tertiary/aromatic N) is 1. The Morgan fingerprint density at radius 2 is 1.75 bits per heavy atom. The fourth-order valence-electron chi connectivity index (χ4n) is 2.42. The molecule has 0 saturated heterocycles. The number of halogens is 6. The first-order valence-electron chi connectivity index (χ1n) is 7.51. The Morgan fingerprint density at radius 1 is 1.14 bits per heavy atom. The van der Waals surface area contributed by atoms with Crippen molar-refractivity contribution in [2.45, 2.75) is 17.1 Å². The summed E-state index contributed by atoms with van der Waals surface area (Å²) in [6.07, 6.45) is -0.566. The van der Waals surface area contributed by atoms with E-state index in [4.69, 9.17) is 17.3 Å². The lowest BCUT2D eigenvalue weighted by Crippen LogP contribution is -2.24. The van der Waals surface area contributed by atoms with E-state index in [-0.39, 0.29) is 11.3 Å². The molecule has 0 radical (unpaired) electrons. The maximum absolute atomic E-state index is 14.3. The van der Waals surface area contributed by atoms with E-state index >= 15 is 0 Å². The van der Waals surface area contributed by atoms with Crippen LogP contribution in [0.25, 0.3) is 0 Å². The van der Waals surface area contributed by atoms with Crippen LogP contribution in [0.4, 0.5) is 22.0 Å². The SMILES string of the molecule is NC(=O)c1ccc(C(c2c(F)ccc(F)c2F)S(=O)(=O)CCC(F)(F)Cl)cn1. The second-order valence-electron chi connectivity index (χ2n) is 5.71. The van der Waals surface area contributed by atoms with Gasteiger partial charge in [-0.2, -0.15) is 8.78 Å². The van der Waals surface area contributed by atoms with E-state index < -0.39 is 61.6 Å². The van der Waals surface area contributed by atoms with Gasteiger partial charge >= 0.3 is 5.38 Å². The number of pyridine rings is 1. The summed E-state index contributed by atoms with van der Waals surface area (Å²) in [4.78, 5) is 14.7. The number of carbonyl (C=O) groups excluding carboxylic acids is 1. The van der Waals surface area contributed by atoms with Crippen LogP contribution in [0.1, 0.15) is 33.3 Å². The molecule has 1 aromatic heterocycles. The van der Waals surface area contributed by atoms with Crippen LogP contribution >= 0.6 is 11.6 Å². The molecule has 1 unspecified atom stereocenters. The second-order valence-corrected chi connectivity index (χ2v) is 8.47. The van der Waals surface area contributed by atoms with E-state index in [1.54, 1.807) is 0 Å². The molecule has 0 spiro atoms. The van der Waals surface area contributed by atoms with Crippen LogP contribution in [0.5, 0.6) is 0 Å². The third kappa shape index (κ3) is 4.96. The van der Waals surface area contributed by atoms with Gasteiger partial charge in [-0.15, -0.1) is 0 Å². The fraction of sp³-hybridized carbons (Fsp3) is 0.250. The Morgan fingerprint density at radius 3 is 2.25 bits per heavy atom. The Balaban J connectivity index is 2.66. The number of rotatable bonds is 7. The van der Waals surface area contributed by atoms with E-state index in [0.717, 1.165) is 18.3 Å². The molecule has 0 fully saturated rings. The van der Waals surface area contributed by atoms with Gasteiger partial charge in [-0.1, -0.05) is 6.07 Å². The number of amides is 1. The van der Waals surface area contributed by atoms with Crippen molar-refractivity contribution in [2.75, 3.05) is 5.75 Å². The van der Waals surface area contributed by atoms with Crippen molar-refractivity contribution in [2.24, 2.45) is 5.73 Å². The summed E-state index contributed by atoms with van der Waals surface area (Å²) >= 11 is 4.71. The van der Waals surface area contributed by atoms with Gasteiger partial charge in [0.05, 0.1) is 5.75 Å². The molecule has 28 heavy (non-hydrogen) atoms. The van der Waals surface area contributed by atoms with E-state index in [2.05, 4.69) is 4.98 Å². The molecule has 1 amide bonds. The molecule has 12 heteroatoms. The second kappa shape index (κ2) is 8.00. The molecule has 152 valence electrons. The molecule has 0 aliphatic carbocycles. The molecule has 2 aromatic rings. The number of nitrogens with two attached hydrogens (primary N) is 1.